The van der Waals surface area contributed by atoms with Crippen LogP contribution in [0.5, 0.6) is 0 Å². The minimum atomic E-state index is 0.188. The van der Waals surface area contributed by atoms with Gasteiger partial charge in [-0.1, -0.05) is 48.5 Å². The summed E-state index contributed by atoms with van der Waals surface area (Å²) in [6.45, 7) is 0.858. The predicted molar refractivity (Wildman–Crippen MR) is 95.3 cm³/mol. The fourth-order valence-electron chi connectivity index (χ4n) is 2.69. The molecule has 0 amide bonds. The predicted octanol–water partition coefficient (Wildman–Crippen LogP) is 2.63. The average molecular weight is 310 g/mol. The number of hydrazone groups is 1. The van der Waals surface area contributed by atoms with Gasteiger partial charge in [-0.2, -0.15) is 5.10 Å². The third-order valence-electron chi connectivity index (χ3n) is 3.66. The molecule has 0 saturated heterocycles. The Labute approximate surface area is 135 Å². The lowest BCUT2D eigenvalue weighted by molar-refractivity contribution is 0.980. The lowest BCUT2D eigenvalue weighted by atomic mass is 9.94. The summed E-state index contributed by atoms with van der Waals surface area (Å²) < 4.78 is 0. The zero-order valence-electron chi connectivity index (χ0n) is 12.2. The number of hydrogen-bond acceptors (Lipinski definition) is 3. The number of benzene rings is 2. The molecule has 4 nitrogen and oxygen atoms in total. The molecule has 3 rings (SSSR count). The summed E-state index contributed by atoms with van der Waals surface area (Å²) in [5.74, 6) is 0. The van der Waals surface area contributed by atoms with Crippen molar-refractivity contribution in [1.82, 2.24) is 5.43 Å². The first kappa shape index (κ1) is 14.5. The van der Waals surface area contributed by atoms with Crippen LogP contribution in [0.25, 0.3) is 0 Å². The molecule has 0 radical (unpaired) electrons. The van der Waals surface area contributed by atoms with Gasteiger partial charge in [-0.3, -0.25) is 5.43 Å². The second kappa shape index (κ2) is 6.58. The zero-order chi connectivity index (χ0) is 15.4. The summed E-state index contributed by atoms with van der Waals surface area (Å²) in [5, 5.41) is 8.02. The van der Waals surface area contributed by atoms with E-state index in [4.69, 9.17) is 18.0 Å². The number of para-hydroxylation sites is 1. The van der Waals surface area contributed by atoms with Gasteiger partial charge in [0.05, 0.1) is 5.71 Å². The standard InChI is InChI=1S/C17H18N4S/c18-17(22)21-20-15-9-10-19-16-13(7-4-8-14(15)16)11-12-5-2-1-3-6-12/h1-8,19H,9-11H2,(H3,18,21,22)/b20-15+. The van der Waals surface area contributed by atoms with Crippen LogP contribution in [0.2, 0.25) is 0 Å². The van der Waals surface area contributed by atoms with E-state index in [-0.39, 0.29) is 5.11 Å². The molecule has 1 aliphatic heterocycles. The van der Waals surface area contributed by atoms with Crippen molar-refractivity contribution in [1.29, 1.82) is 0 Å². The van der Waals surface area contributed by atoms with Gasteiger partial charge in [0.1, 0.15) is 0 Å². The Kier molecular flexibility index (Phi) is 4.34. The van der Waals surface area contributed by atoms with Crippen molar-refractivity contribution < 1.29 is 0 Å². The van der Waals surface area contributed by atoms with Gasteiger partial charge in [-0.15, -0.1) is 0 Å². The molecule has 0 aromatic heterocycles. The van der Waals surface area contributed by atoms with Gasteiger partial charge in [0.25, 0.3) is 0 Å². The second-order valence-electron chi connectivity index (χ2n) is 5.21. The monoisotopic (exact) mass is 310 g/mol. The minimum absolute atomic E-state index is 0.188. The van der Waals surface area contributed by atoms with Crippen molar-refractivity contribution in [2.45, 2.75) is 12.8 Å². The third kappa shape index (κ3) is 3.26. The van der Waals surface area contributed by atoms with Crippen molar-refractivity contribution in [2.24, 2.45) is 10.8 Å². The highest BCUT2D eigenvalue weighted by Gasteiger charge is 2.18. The summed E-state index contributed by atoms with van der Waals surface area (Å²) in [6.07, 6.45) is 1.74. The van der Waals surface area contributed by atoms with Crippen LogP contribution in [0.4, 0.5) is 5.69 Å². The van der Waals surface area contributed by atoms with Gasteiger partial charge in [-0.25, -0.2) is 0 Å². The van der Waals surface area contributed by atoms with Gasteiger partial charge < -0.3 is 11.1 Å². The smallest absolute Gasteiger partial charge is 0.184 e. The fraction of sp³-hybridized carbons (Fsp3) is 0.176. The molecule has 0 fully saturated rings. The summed E-state index contributed by atoms with van der Waals surface area (Å²) >= 11 is 4.82. The van der Waals surface area contributed by atoms with Gasteiger partial charge in [0.15, 0.2) is 5.11 Å². The van der Waals surface area contributed by atoms with Gasteiger partial charge in [-0.05, 0) is 29.8 Å². The van der Waals surface area contributed by atoms with E-state index in [0.717, 1.165) is 36.3 Å². The number of nitrogens with zero attached hydrogens (tertiary/aromatic N) is 1. The first-order valence-electron chi connectivity index (χ1n) is 7.26. The summed E-state index contributed by atoms with van der Waals surface area (Å²) in [4.78, 5) is 0. The van der Waals surface area contributed by atoms with Gasteiger partial charge >= 0.3 is 0 Å². The molecular formula is C17H18N4S. The van der Waals surface area contributed by atoms with Crippen LogP contribution >= 0.6 is 12.2 Å². The molecule has 0 aliphatic carbocycles. The number of nitrogens with one attached hydrogen (secondary N) is 2. The zero-order valence-corrected chi connectivity index (χ0v) is 13.0. The highest BCUT2D eigenvalue weighted by Crippen LogP contribution is 2.28. The van der Waals surface area contributed by atoms with E-state index in [1.54, 1.807) is 0 Å². The van der Waals surface area contributed by atoms with Crippen molar-refractivity contribution in [3.05, 3.63) is 65.2 Å². The molecule has 1 heterocycles. The molecule has 0 saturated carbocycles. The number of nitrogens with two attached hydrogens (primary N) is 1. The normalized spacial score (nSPS) is 15.0. The highest BCUT2D eigenvalue weighted by atomic mass is 32.1. The topological polar surface area (TPSA) is 62.4 Å². The van der Waals surface area contributed by atoms with E-state index in [0.29, 0.717) is 0 Å². The van der Waals surface area contributed by atoms with Crippen molar-refractivity contribution >= 4 is 28.7 Å². The van der Waals surface area contributed by atoms with Crippen molar-refractivity contribution in [3.63, 3.8) is 0 Å². The second-order valence-corrected chi connectivity index (χ2v) is 5.65. The fourth-order valence-corrected chi connectivity index (χ4v) is 2.74. The number of anilines is 1. The summed E-state index contributed by atoms with van der Waals surface area (Å²) in [7, 11) is 0. The first-order chi connectivity index (χ1) is 10.7. The minimum Gasteiger partial charge on any atom is -0.384 e. The molecule has 0 bridgehead atoms. The number of hydrogen-bond donors (Lipinski definition) is 3. The third-order valence-corrected chi connectivity index (χ3v) is 3.75. The lowest BCUT2D eigenvalue weighted by Crippen LogP contribution is -2.28. The molecule has 22 heavy (non-hydrogen) atoms. The molecule has 5 heteroatoms. The number of rotatable bonds is 3. The Morgan fingerprint density at radius 3 is 2.77 bits per heavy atom. The number of thiocarbonyl (C=S) groups is 1. The van der Waals surface area contributed by atoms with Crippen LogP contribution < -0.4 is 16.5 Å². The van der Waals surface area contributed by atoms with Crippen LogP contribution in [-0.2, 0) is 6.42 Å². The van der Waals surface area contributed by atoms with E-state index in [2.05, 4.69) is 58.3 Å². The van der Waals surface area contributed by atoms with E-state index in [1.165, 1.54) is 11.1 Å². The SMILES string of the molecule is NC(=S)N/N=C1\CCNc2c(Cc3ccccc3)cccc21. The van der Waals surface area contributed by atoms with Crippen molar-refractivity contribution in [3.8, 4) is 0 Å². The molecule has 4 N–H and O–H groups in total. The van der Waals surface area contributed by atoms with Crippen molar-refractivity contribution in [2.75, 3.05) is 11.9 Å². The molecule has 1 aliphatic rings. The lowest BCUT2D eigenvalue weighted by Gasteiger charge is -2.23. The largest absolute Gasteiger partial charge is 0.384 e. The maximum Gasteiger partial charge on any atom is 0.184 e. The van der Waals surface area contributed by atoms with Gasteiger partial charge in [0.2, 0.25) is 0 Å². The Balaban J connectivity index is 1.93. The Morgan fingerprint density at radius 2 is 2.00 bits per heavy atom. The molecule has 2 aromatic carbocycles. The van der Waals surface area contributed by atoms with E-state index < -0.39 is 0 Å². The van der Waals surface area contributed by atoms with Gasteiger partial charge in [0, 0.05) is 24.2 Å². The van der Waals surface area contributed by atoms with Crippen LogP contribution in [0.1, 0.15) is 23.1 Å². The highest BCUT2D eigenvalue weighted by molar-refractivity contribution is 7.80. The van der Waals surface area contributed by atoms with Crippen LogP contribution in [-0.4, -0.2) is 17.4 Å². The van der Waals surface area contributed by atoms with E-state index in [9.17, 15) is 0 Å². The summed E-state index contributed by atoms with van der Waals surface area (Å²) in [5.41, 5.74) is 14.0. The molecule has 0 unspecified atom stereocenters. The first-order valence-corrected chi connectivity index (χ1v) is 7.67. The van der Waals surface area contributed by atoms with E-state index >= 15 is 0 Å². The van der Waals surface area contributed by atoms with Crippen LogP contribution in [0.15, 0.2) is 53.6 Å². The quantitative estimate of drug-likeness (QED) is 0.602. The maximum atomic E-state index is 5.46. The molecular weight excluding hydrogens is 292 g/mol. The maximum absolute atomic E-state index is 5.46. The Morgan fingerprint density at radius 1 is 1.18 bits per heavy atom. The Hall–Kier alpha value is -2.40. The number of fused-ring (bicyclic) bond motifs is 1. The Bertz CT molecular complexity index is 710. The molecule has 0 atom stereocenters. The molecule has 0 spiro atoms. The molecule has 112 valence electrons. The van der Waals surface area contributed by atoms with Crippen LogP contribution in [0.3, 0.4) is 0 Å². The average Bonchev–Trinajstić information content (AvgIpc) is 2.54. The van der Waals surface area contributed by atoms with E-state index in [1.807, 2.05) is 6.07 Å². The molecule has 2 aromatic rings. The summed E-state index contributed by atoms with van der Waals surface area (Å²) in [6, 6.07) is 16.8. The van der Waals surface area contributed by atoms with Crippen LogP contribution in [0, 0.1) is 0 Å².